The fraction of sp³-hybridized carbons (Fsp3) is 0.444. The molecular formula is C18H20N2O2S. The van der Waals surface area contributed by atoms with Crippen molar-refractivity contribution < 1.29 is 9.53 Å². The lowest BCUT2D eigenvalue weighted by molar-refractivity contribution is -0.147. The van der Waals surface area contributed by atoms with Crippen LogP contribution in [0.15, 0.2) is 35.7 Å². The van der Waals surface area contributed by atoms with Crippen LogP contribution in [0.25, 0.3) is 10.6 Å². The van der Waals surface area contributed by atoms with E-state index in [0.717, 1.165) is 29.1 Å². The Morgan fingerprint density at radius 3 is 2.83 bits per heavy atom. The number of hydrogen-bond acceptors (Lipinski definition) is 4. The molecule has 1 aliphatic carbocycles. The highest BCUT2D eigenvalue weighted by atomic mass is 32.1. The number of nitrogens with zero attached hydrogens (tertiary/aromatic N) is 2. The van der Waals surface area contributed by atoms with Crippen LogP contribution in [0.2, 0.25) is 0 Å². The minimum atomic E-state index is -0.0365. The molecule has 2 fully saturated rings. The van der Waals surface area contributed by atoms with Gasteiger partial charge in [0.15, 0.2) is 0 Å². The highest BCUT2D eigenvalue weighted by molar-refractivity contribution is 7.13. The van der Waals surface area contributed by atoms with Gasteiger partial charge in [-0.25, -0.2) is 4.98 Å². The van der Waals surface area contributed by atoms with Crippen LogP contribution in [-0.4, -0.2) is 35.5 Å². The zero-order valence-electron chi connectivity index (χ0n) is 13.0. The van der Waals surface area contributed by atoms with E-state index in [1.54, 1.807) is 11.3 Å². The predicted molar refractivity (Wildman–Crippen MR) is 90.2 cm³/mol. The smallest absolute Gasteiger partial charge is 0.226 e. The summed E-state index contributed by atoms with van der Waals surface area (Å²) in [6.45, 7) is 1.86. The van der Waals surface area contributed by atoms with Gasteiger partial charge in [-0.3, -0.25) is 4.79 Å². The molecule has 0 N–H and O–H groups in total. The second kappa shape index (κ2) is 6.42. The Morgan fingerprint density at radius 2 is 2.09 bits per heavy atom. The second-order valence-corrected chi connectivity index (χ2v) is 7.05. The lowest BCUT2D eigenvalue weighted by Gasteiger charge is -2.39. The minimum Gasteiger partial charge on any atom is -0.377 e. The molecule has 1 amide bonds. The molecule has 4 nitrogen and oxygen atoms in total. The normalized spacial score (nSPS) is 21.9. The van der Waals surface area contributed by atoms with Crippen molar-refractivity contribution in [1.82, 2.24) is 9.88 Å². The summed E-state index contributed by atoms with van der Waals surface area (Å²) in [4.78, 5) is 19.5. The average Bonchev–Trinajstić information content (AvgIpc) is 3.04. The molecule has 0 spiro atoms. The van der Waals surface area contributed by atoms with Crippen LogP contribution in [0.3, 0.4) is 0 Å². The second-order valence-electron chi connectivity index (χ2n) is 6.19. The minimum absolute atomic E-state index is 0.0365. The van der Waals surface area contributed by atoms with Crippen molar-refractivity contribution in [3.05, 3.63) is 41.4 Å². The maximum atomic E-state index is 12.7. The Morgan fingerprint density at radius 1 is 1.26 bits per heavy atom. The van der Waals surface area contributed by atoms with Gasteiger partial charge in [0.05, 0.1) is 24.9 Å². The van der Waals surface area contributed by atoms with E-state index in [-0.39, 0.29) is 12.0 Å². The summed E-state index contributed by atoms with van der Waals surface area (Å²) in [7, 11) is 0. The highest BCUT2D eigenvalue weighted by Crippen LogP contribution is 2.34. The number of rotatable bonds is 3. The summed E-state index contributed by atoms with van der Waals surface area (Å²) in [5, 5.41) is 3.07. The number of ether oxygens (including phenoxy) is 1. The van der Waals surface area contributed by atoms with Crippen LogP contribution in [-0.2, 0) is 9.53 Å². The van der Waals surface area contributed by atoms with Gasteiger partial charge in [-0.2, -0.15) is 0 Å². The molecule has 1 saturated heterocycles. The molecular weight excluding hydrogens is 308 g/mol. The molecule has 2 aromatic rings. The van der Waals surface area contributed by atoms with E-state index in [1.807, 2.05) is 23.1 Å². The summed E-state index contributed by atoms with van der Waals surface area (Å²) in [5.41, 5.74) is 2.08. The molecule has 4 rings (SSSR count). The van der Waals surface area contributed by atoms with Gasteiger partial charge in [0.1, 0.15) is 5.01 Å². The van der Waals surface area contributed by atoms with Crippen LogP contribution in [0.1, 0.15) is 31.0 Å². The first-order valence-corrected chi connectivity index (χ1v) is 9.10. The van der Waals surface area contributed by atoms with Gasteiger partial charge in [-0.05, 0) is 12.8 Å². The van der Waals surface area contributed by atoms with Crippen molar-refractivity contribution in [3.63, 3.8) is 0 Å². The molecule has 1 aromatic heterocycles. The number of amides is 1. The summed E-state index contributed by atoms with van der Waals surface area (Å²) in [6.07, 6.45) is 3.25. The molecule has 0 unspecified atom stereocenters. The Balaban J connectivity index is 1.57. The monoisotopic (exact) mass is 328 g/mol. The molecule has 0 radical (unpaired) electrons. The van der Waals surface area contributed by atoms with E-state index in [1.165, 1.54) is 6.42 Å². The van der Waals surface area contributed by atoms with E-state index in [4.69, 9.17) is 9.72 Å². The van der Waals surface area contributed by atoms with Gasteiger partial charge in [0, 0.05) is 23.4 Å². The van der Waals surface area contributed by atoms with Crippen molar-refractivity contribution in [3.8, 4) is 10.6 Å². The van der Waals surface area contributed by atoms with Crippen molar-refractivity contribution in [2.75, 3.05) is 19.8 Å². The van der Waals surface area contributed by atoms with Crippen molar-refractivity contribution in [1.29, 1.82) is 0 Å². The standard InChI is InChI=1S/C18H20N2O2S/c21-18(14-7-4-8-14)20-9-10-22-11-16(20)15-12-23-17(19-15)13-5-2-1-3-6-13/h1-3,5-6,12,14,16H,4,7-11H2/t16-/m0/s1. The number of carbonyl (C=O) groups excluding carboxylic acids is 1. The number of morpholine rings is 1. The third kappa shape index (κ3) is 2.91. The lowest BCUT2D eigenvalue weighted by Crippen LogP contribution is -2.47. The Bertz CT molecular complexity index is 681. The van der Waals surface area contributed by atoms with Crippen molar-refractivity contribution in [2.45, 2.75) is 25.3 Å². The Hall–Kier alpha value is -1.72. The van der Waals surface area contributed by atoms with E-state index < -0.39 is 0 Å². The molecule has 1 aromatic carbocycles. The summed E-state index contributed by atoms with van der Waals surface area (Å²) in [6, 6.07) is 10.1. The predicted octanol–water partition coefficient (Wildman–Crippen LogP) is 3.51. The van der Waals surface area contributed by atoms with E-state index in [2.05, 4.69) is 17.5 Å². The molecule has 5 heteroatoms. The van der Waals surface area contributed by atoms with Crippen molar-refractivity contribution >= 4 is 17.2 Å². The van der Waals surface area contributed by atoms with Gasteiger partial charge < -0.3 is 9.64 Å². The Kier molecular flexibility index (Phi) is 4.14. The van der Waals surface area contributed by atoms with Gasteiger partial charge in [0.25, 0.3) is 0 Å². The average molecular weight is 328 g/mol. The number of hydrogen-bond donors (Lipinski definition) is 0. The summed E-state index contributed by atoms with van der Waals surface area (Å²) in [5.74, 6) is 0.515. The highest BCUT2D eigenvalue weighted by Gasteiger charge is 2.36. The van der Waals surface area contributed by atoms with Gasteiger partial charge in [-0.1, -0.05) is 36.8 Å². The zero-order chi connectivity index (χ0) is 15.6. The summed E-state index contributed by atoms with van der Waals surface area (Å²) < 4.78 is 5.63. The number of aromatic nitrogens is 1. The maximum absolute atomic E-state index is 12.7. The van der Waals surface area contributed by atoms with Gasteiger partial charge >= 0.3 is 0 Å². The Labute approximate surface area is 140 Å². The van der Waals surface area contributed by atoms with Crippen molar-refractivity contribution in [2.24, 2.45) is 5.92 Å². The van der Waals surface area contributed by atoms with Crippen LogP contribution in [0.4, 0.5) is 0 Å². The van der Waals surface area contributed by atoms with E-state index in [9.17, 15) is 4.79 Å². The topological polar surface area (TPSA) is 42.4 Å². The first-order chi connectivity index (χ1) is 11.3. The molecule has 2 aliphatic rings. The molecule has 1 saturated carbocycles. The summed E-state index contributed by atoms with van der Waals surface area (Å²) >= 11 is 1.63. The first-order valence-electron chi connectivity index (χ1n) is 8.22. The van der Waals surface area contributed by atoms with Crippen LogP contribution in [0, 0.1) is 5.92 Å². The molecule has 0 bridgehead atoms. The maximum Gasteiger partial charge on any atom is 0.226 e. The fourth-order valence-corrected chi connectivity index (χ4v) is 4.03. The lowest BCUT2D eigenvalue weighted by atomic mass is 9.84. The van der Waals surface area contributed by atoms with Gasteiger partial charge in [0.2, 0.25) is 5.91 Å². The van der Waals surface area contributed by atoms with E-state index in [0.29, 0.717) is 25.7 Å². The molecule has 2 heterocycles. The number of benzene rings is 1. The van der Waals surface area contributed by atoms with Crippen LogP contribution in [0.5, 0.6) is 0 Å². The fourth-order valence-electron chi connectivity index (χ4n) is 3.15. The molecule has 120 valence electrons. The SMILES string of the molecule is O=C(C1CCC1)N1CCOC[C@H]1c1csc(-c2ccccc2)n1. The zero-order valence-corrected chi connectivity index (χ0v) is 13.8. The largest absolute Gasteiger partial charge is 0.377 e. The first kappa shape index (κ1) is 14.8. The quantitative estimate of drug-likeness (QED) is 0.866. The number of carbonyl (C=O) groups is 1. The molecule has 1 atom stereocenters. The number of thiazole rings is 1. The third-order valence-electron chi connectivity index (χ3n) is 4.75. The van der Waals surface area contributed by atoms with Gasteiger partial charge in [-0.15, -0.1) is 11.3 Å². The molecule has 23 heavy (non-hydrogen) atoms. The van der Waals surface area contributed by atoms with Crippen LogP contribution >= 0.6 is 11.3 Å². The third-order valence-corrected chi connectivity index (χ3v) is 5.66. The molecule has 1 aliphatic heterocycles. The van der Waals surface area contributed by atoms with Crippen LogP contribution < -0.4 is 0 Å². The van der Waals surface area contributed by atoms with E-state index >= 15 is 0 Å².